The van der Waals surface area contributed by atoms with E-state index in [9.17, 15) is 14.4 Å². The van der Waals surface area contributed by atoms with Crippen LogP contribution in [0.5, 0.6) is 0 Å². The molecule has 1 fully saturated rings. The normalized spacial score (nSPS) is 22.1. The van der Waals surface area contributed by atoms with Gasteiger partial charge in [-0.25, -0.2) is 0 Å². The Morgan fingerprint density at radius 2 is 2.14 bits per heavy atom. The van der Waals surface area contributed by atoms with Gasteiger partial charge >= 0.3 is 0 Å². The maximum atomic E-state index is 12.5. The van der Waals surface area contributed by atoms with E-state index in [4.69, 9.17) is 4.74 Å². The Bertz CT molecular complexity index is 598. The van der Waals surface area contributed by atoms with Gasteiger partial charge in [0.2, 0.25) is 5.91 Å². The van der Waals surface area contributed by atoms with Crippen LogP contribution in [0.4, 0.5) is 0 Å². The number of amides is 3. The predicted molar refractivity (Wildman–Crippen MR) is 75.8 cm³/mol. The quantitative estimate of drug-likeness (QED) is 0.774. The molecule has 112 valence electrons. The van der Waals surface area contributed by atoms with E-state index >= 15 is 0 Å². The van der Waals surface area contributed by atoms with Crippen molar-refractivity contribution in [2.45, 2.75) is 25.4 Å². The molecule has 0 N–H and O–H groups in total. The number of piperidine rings is 1. The van der Waals surface area contributed by atoms with Gasteiger partial charge in [0, 0.05) is 25.5 Å². The zero-order valence-electron chi connectivity index (χ0n) is 11.7. The van der Waals surface area contributed by atoms with Crippen molar-refractivity contribution in [1.29, 1.82) is 0 Å². The van der Waals surface area contributed by atoms with Crippen molar-refractivity contribution >= 4 is 29.1 Å². The zero-order chi connectivity index (χ0) is 15.0. The van der Waals surface area contributed by atoms with Crippen molar-refractivity contribution in [2.24, 2.45) is 0 Å². The third-order valence-corrected chi connectivity index (χ3v) is 4.75. The van der Waals surface area contributed by atoms with E-state index in [-0.39, 0.29) is 30.7 Å². The summed E-state index contributed by atoms with van der Waals surface area (Å²) in [4.78, 5) is 39.5. The number of likely N-dealkylation sites (tertiary alicyclic amines) is 1. The van der Waals surface area contributed by atoms with Crippen LogP contribution in [0.2, 0.25) is 0 Å². The molecule has 0 bridgehead atoms. The monoisotopic (exact) mass is 308 g/mol. The Morgan fingerprint density at radius 1 is 1.33 bits per heavy atom. The maximum absolute atomic E-state index is 12.5. The van der Waals surface area contributed by atoms with Gasteiger partial charge in [-0.3, -0.25) is 19.3 Å². The fourth-order valence-corrected chi connectivity index (χ4v) is 3.65. The second-order valence-electron chi connectivity index (χ2n) is 5.17. The summed E-state index contributed by atoms with van der Waals surface area (Å²) in [6.07, 6.45) is 0.692. The molecule has 1 aromatic heterocycles. The number of fused-ring (bicyclic) bond motifs is 1. The molecule has 1 atom stereocenters. The van der Waals surface area contributed by atoms with Gasteiger partial charge in [-0.2, -0.15) is 11.3 Å². The first-order chi connectivity index (χ1) is 10.1. The molecule has 21 heavy (non-hydrogen) atoms. The van der Waals surface area contributed by atoms with E-state index in [1.807, 2.05) is 10.8 Å². The van der Waals surface area contributed by atoms with Crippen LogP contribution in [-0.2, 0) is 20.9 Å². The van der Waals surface area contributed by atoms with E-state index in [0.29, 0.717) is 25.1 Å². The summed E-state index contributed by atoms with van der Waals surface area (Å²) in [6.45, 7) is 1.01. The van der Waals surface area contributed by atoms with E-state index in [0.717, 1.165) is 5.56 Å². The molecule has 0 aromatic carbocycles. The largest absolute Gasteiger partial charge is 0.383 e. The lowest BCUT2D eigenvalue weighted by atomic mass is 10.0. The van der Waals surface area contributed by atoms with Crippen LogP contribution in [0.1, 0.15) is 28.8 Å². The van der Waals surface area contributed by atoms with Crippen LogP contribution in [-0.4, -0.2) is 53.8 Å². The maximum Gasteiger partial charge on any atom is 0.256 e. The number of hydrogen-bond donors (Lipinski definition) is 0. The first-order valence-electron chi connectivity index (χ1n) is 6.82. The highest BCUT2D eigenvalue weighted by molar-refractivity contribution is 7.08. The zero-order valence-corrected chi connectivity index (χ0v) is 12.5. The van der Waals surface area contributed by atoms with Gasteiger partial charge in [-0.15, -0.1) is 0 Å². The highest BCUT2D eigenvalue weighted by atomic mass is 32.1. The van der Waals surface area contributed by atoms with Crippen molar-refractivity contribution in [3.63, 3.8) is 0 Å². The number of methoxy groups -OCH3 is 1. The number of hydrogen-bond acceptors (Lipinski definition) is 5. The molecule has 1 aromatic rings. The lowest BCUT2D eigenvalue weighted by Crippen LogP contribution is -2.55. The fraction of sp³-hybridized carbons (Fsp3) is 0.500. The van der Waals surface area contributed by atoms with Crippen molar-refractivity contribution in [2.75, 3.05) is 20.3 Å². The molecule has 3 rings (SSSR count). The molecule has 0 radical (unpaired) electrons. The molecule has 3 amide bonds. The van der Waals surface area contributed by atoms with Crippen LogP contribution >= 0.6 is 11.3 Å². The van der Waals surface area contributed by atoms with E-state index < -0.39 is 6.04 Å². The highest BCUT2D eigenvalue weighted by Gasteiger charge is 2.42. The van der Waals surface area contributed by atoms with Crippen molar-refractivity contribution < 1.29 is 19.1 Å². The second-order valence-corrected chi connectivity index (χ2v) is 5.92. The van der Waals surface area contributed by atoms with Gasteiger partial charge in [-0.05, 0) is 17.4 Å². The Labute approximate surface area is 126 Å². The number of nitrogens with zero attached hydrogens (tertiary/aromatic N) is 2. The Kier molecular flexibility index (Phi) is 3.77. The summed E-state index contributed by atoms with van der Waals surface area (Å²) < 4.78 is 4.94. The summed E-state index contributed by atoms with van der Waals surface area (Å²) in [5, 5.41) is 3.76. The molecular formula is C14H16N2O4S. The topological polar surface area (TPSA) is 66.9 Å². The molecule has 2 aliphatic rings. The average Bonchev–Trinajstić information content (AvgIpc) is 3.03. The highest BCUT2D eigenvalue weighted by Crippen LogP contribution is 2.30. The van der Waals surface area contributed by atoms with Crippen molar-refractivity contribution in [3.8, 4) is 0 Å². The number of carbonyl (C=O) groups excluding carboxylic acids is 3. The SMILES string of the molecule is COCCN1C(=O)CCC(N2Cc3cscc3C2=O)C1=O. The Hall–Kier alpha value is -1.73. The van der Waals surface area contributed by atoms with Crippen LogP contribution < -0.4 is 0 Å². The molecule has 3 heterocycles. The standard InChI is InChI=1S/C14H16N2O4S/c1-20-5-4-15-12(17)3-2-11(14(15)19)16-6-9-7-21-8-10(9)13(16)18/h7-8,11H,2-6H2,1H3. The first-order valence-corrected chi connectivity index (χ1v) is 7.77. The Balaban J connectivity index is 1.77. The summed E-state index contributed by atoms with van der Waals surface area (Å²) >= 11 is 1.49. The first kappa shape index (κ1) is 14.2. The van der Waals surface area contributed by atoms with Crippen LogP contribution in [0.3, 0.4) is 0 Å². The Morgan fingerprint density at radius 3 is 2.86 bits per heavy atom. The van der Waals surface area contributed by atoms with Gasteiger partial charge in [0.05, 0.1) is 18.7 Å². The molecule has 0 saturated carbocycles. The summed E-state index contributed by atoms with van der Waals surface area (Å²) in [5.41, 5.74) is 1.66. The van der Waals surface area contributed by atoms with Gasteiger partial charge in [0.1, 0.15) is 6.04 Å². The number of imide groups is 1. The minimum atomic E-state index is -0.538. The minimum absolute atomic E-state index is 0.106. The molecule has 2 aliphatic heterocycles. The third-order valence-electron chi connectivity index (χ3n) is 3.95. The lowest BCUT2D eigenvalue weighted by molar-refractivity contribution is -0.153. The third kappa shape index (κ3) is 2.36. The smallest absolute Gasteiger partial charge is 0.256 e. The minimum Gasteiger partial charge on any atom is -0.383 e. The van der Waals surface area contributed by atoms with Gasteiger partial charge < -0.3 is 9.64 Å². The average molecular weight is 308 g/mol. The van der Waals surface area contributed by atoms with Crippen LogP contribution in [0, 0.1) is 0 Å². The summed E-state index contributed by atoms with van der Waals surface area (Å²) in [6, 6.07) is -0.538. The number of rotatable bonds is 4. The van der Waals surface area contributed by atoms with Crippen LogP contribution in [0.15, 0.2) is 10.8 Å². The second kappa shape index (κ2) is 5.57. The number of ether oxygens (including phenoxy) is 1. The van der Waals surface area contributed by atoms with E-state index in [1.165, 1.54) is 23.3 Å². The van der Waals surface area contributed by atoms with E-state index in [2.05, 4.69) is 0 Å². The molecular weight excluding hydrogens is 292 g/mol. The van der Waals surface area contributed by atoms with Gasteiger partial charge in [-0.1, -0.05) is 0 Å². The fourth-order valence-electron chi connectivity index (χ4n) is 2.82. The summed E-state index contributed by atoms with van der Waals surface area (Å²) in [5.74, 6) is -0.578. The number of carbonyl (C=O) groups is 3. The van der Waals surface area contributed by atoms with Gasteiger partial charge in [0.25, 0.3) is 11.8 Å². The molecule has 0 spiro atoms. The number of thiophene rings is 1. The molecule has 1 unspecified atom stereocenters. The lowest BCUT2D eigenvalue weighted by Gasteiger charge is -2.35. The molecule has 6 nitrogen and oxygen atoms in total. The molecule has 0 aliphatic carbocycles. The van der Waals surface area contributed by atoms with Gasteiger partial charge in [0.15, 0.2) is 0 Å². The van der Waals surface area contributed by atoms with Crippen molar-refractivity contribution in [1.82, 2.24) is 9.80 Å². The summed E-state index contributed by atoms with van der Waals surface area (Å²) in [7, 11) is 1.53. The van der Waals surface area contributed by atoms with Crippen molar-refractivity contribution in [3.05, 3.63) is 21.9 Å². The predicted octanol–water partition coefficient (Wildman–Crippen LogP) is 0.868. The van der Waals surface area contributed by atoms with Crippen LogP contribution in [0.25, 0.3) is 0 Å². The van der Waals surface area contributed by atoms with E-state index in [1.54, 1.807) is 4.90 Å². The molecule has 1 saturated heterocycles. The molecule has 7 heteroatoms.